The van der Waals surface area contributed by atoms with E-state index in [0.29, 0.717) is 5.56 Å². The molecule has 1 N–H and O–H groups in total. The Hall–Kier alpha value is -1.61. The van der Waals surface area contributed by atoms with E-state index < -0.39 is 0 Å². The van der Waals surface area contributed by atoms with E-state index in [-0.39, 0.29) is 5.97 Å². The van der Waals surface area contributed by atoms with E-state index in [1.807, 2.05) is 24.3 Å². The molecule has 1 aromatic rings. The molecule has 0 fully saturated rings. The third-order valence-corrected chi connectivity index (χ3v) is 2.74. The Balaban J connectivity index is 2.39. The van der Waals surface area contributed by atoms with Crippen LogP contribution in [-0.4, -0.2) is 26.2 Å². The third kappa shape index (κ3) is 2.14. The lowest BCUT2D eigenvalue weighted by atomic mass is 9.95. The molecule has 1 aliphatic heterocycles. The number of esters is 1. The lowest BCUT2D eigenvalue weighted by molar-refractivity contribution is 0.0600. The summed E-state index contributed by atoms with van der Waals surface area (Å²) in [5.41, 5.74) is 2.87. The third-order valence-electron chi connectivity index (χ3n) is 2.74. The topological polar surface area (TPSA) is 38.3 Å². The van der Waals surface area contributed by atoms with Crippen molar-refractivity contribution in [1.29, 1.82) is 0 Å². The molecule has 1 heterocycles. The zero-order valence-electron chi connectivity index (χ0n) is 9.32. The highest BCUT2D eigenvalue weighted by Gasteiger charge is 2.14. The lowest BCUT2D eigenvalue weighted by Crippen LogP contribution is -2.20. The molecule has 0 saturated heterocycles. The van der Waals surface area contributed by atoms with Crippen LogP contribution in [0.2, 0.25) is 0 Å². The van der Waals surface area contributed by atoms with Gasteiger partial charge in [-0.15, -0.1) is 0 Å². The van der Waals surface area contributed by atoms with Gasteiger partial charge in [-0.1, -0.05) is 24.3 Å². The van der Waals surface area contributed by atoms with E-state index in [1.54, 1.807) is 0 Å². The zero-order chi connectivity index (χ0) is 11.4. The van der Waals surface area contributed by atoms with Gasteiger partial charge in [0, 0.05) is 6.54 Å². The highest BCUT2D eigenvalue weighted by molar-refractivity contribution is 5.95. The summed E-state index contributed by atoms with van der Waals surface area (Å²) in [5.74, 6) is -0.268. The van der Waals surface area contributed by atoms with Crippen LogP contribution in [0.5, 0.6) is 0 Å². The molecule has 1 aromatic carbocycles. The van der Waals surface area contributed by atoms with Gasteiger partial charge >= 0.3 is 5.97 Å². The van der Waals surface area contributed by atoms with E-state index in [9.17, 15) is 4.79 Å². The Kier molecular flexibility index (Phi) is 3.37. The van der Waals surface area contributed by atoms with Crippen LogP contribution in [-0.2, 0) is 4.74 Å². The first-order valence-electron chi connectivity index (χ1n) is 5.40. The highest BCUT2D eigenvalue weighted by atomic mass is 16.5. The predicted octanol–water partition coefficient (Wildman–Crippen LogP) is 1.85. The smallest absolute Gasteiger partial charge is 0.338 e. The number of carbonyl (C=O) groups excluding carboxylic acids is 1. The van der Waals surface area contributed by atoms with Crippen molar-refractivity contribution >= 4 is 11.5 Å². The van der Waals surface area contributed by atoms with Gasteiger partial charge in [0.1, 0.15) is 0 Å². The summed E-state index contributed by atoms with van der Waals surface area (Å²) in [6.07, 6.45) is 3.08. The van der Waals surface area contributed by atoms with Gasteiger partial charge in [-0.2, -0.15) is 0 Å². The molecule has 3 heteroatoms. The van der Waals surface area contributed by atoms with Crippen molar-refractivity contribution in [1.82, 2.24) is 5.32 Å². The molecular formula is C13H15NO2. The Labute approximate surface area is 95.1 Å². The summed E-state index contributed by atoms with van der Waals surface area (Å²) in [4.78, 5) is 11.6. The summed E-state index contributed by atoms with van der Waals surface area (Å²) < 4.78 is 4.79. The molecule has 0 saturated carbocycles. The van der Waals surface area contributed by atoms with Gasteiger partial charge in [-0.3, -0.25) is 0 Å². The van der Waals surface area contributed by atoms with Crippen LogP contribution in [0.15, 0.2) is 30.3 Å². The van der Waals surface area contributed by atoms with Gasteiger partial charge in [0.05, 0.1) is 12.7 Å². The molecule has 0 atom stereocenters. The molecule has 0 spiro atoms. The number of hydrogen-bond acceptors (Lipinski definition) is 3. The summed E-state index contributed by atoms with van der Waals surface area (Å²) >= 11 is 0. The number of hydrogen-bond donors (Lipinski definition) is 1. The second kappa shape index (κ2) is 4.94. The number of benzene rings is 1. The number of nitrogens with one attached hydrogen (secondary N) is 1. The number of rotatable bonds is 2. The van der Waals surface area contributed by atoms with Gasteiger partial charge < -0.3 is 10.1 Å². The maximum absolute atomic E-state index is 11.6. The van der Waals surface area contributed by atoms with Crippen LogP contribution in [0.25, 0.3) is 5.57 Å². The Morgan fingerprint density at radius 3 is 2.88 bits per heavy atom. The quantitative estimate of drug-likeness (QED) is 0.768. The first-order valence-corrected chi connectivity index (χ1v) is 5.40. The highest BCUT2D eigenvalue weighted by Crippen LogP contribution is 2.23. The van der Waals surface area contributed by atoms with Crippen LogP contribution in [0.4, 0.5) is 0 Å². The Morgan fingerprint density at radius 1 is 1.38 bits per heavy atom. The molecule has 0 bridgehead atoms. The molecule has 0 radical (unpaired) electrons. The number of carbonyl (C=O) groups is 1. The van der Waals surface area contributed by atoms with E-state index in [4.69, 9.17) is 4.74 Å². The summed E-state index contributed by atoms with van der Waals surface area (Å²) in [6, 6.07) is 7.59. The maximum Gasteiger partial charge on any atom is 0.338 e. The standard InChI is InChI=1S/C13H15NO2/c1-16-13(15)12-5-3-2-4-11(12)10-6-8-14-9-7-10/h2-6,14H,7-9H2,1H3. The lowest BCUT2D eigenvalue weighted by Gasteiger charge is -2.16. The SMILES string of the molecule is COC(=O)c1ccccc1C1=CCNCC1. The summed E-state index contributed by atoms with van der Waals surface area (Å²) in [6.45, 7) is 1.83. The van der Waals surface area contributed by atoms with Crippen LogP contribution >= 0.6 is 0 Å². The van der Waals surface area contributed by atoms with Crippen molar-refractivity contribution in [3.8, 4) is 0 Å². The molecule has 0 unspecified atom stereocenters. The van der Waals surface area contributed by atoms with Gasteiger partial charge in [-0.25, -0.2) is 4.79 Å². The average Bonchev–Trinajstić information content (AvgIpc) is 2.39. The monoisotopic (exact) mass is 217 g/mol. The van der Waals surface area contributed by atoms with Crippen LogP contribution in [0.3, 0.4) is 0 Å². The molecule has 3 nitrogen and oxygen atoms in total. The predicted molar refractivity (Wildman–Crippen MR) is 63.2 cm³/mol. The molecule has 84 valence electrons. The summed E-state index contributed by atoms with van der Waals surface area (Å²) in [7, 11) is 1.41. The fourth-order valence-corrected chi connectivity index (χ4v) is 1.92. The Bertz CT molecular complexity index is 424. The molecule has 0 aromatic heterocycles. The average molecular weight is 217 g/mol. The van der Waals surface area contributed by atoms with Crippen LogP contribution in [0.1, 0.15) is 22.3 Å². The minimum absolute atomic E-state index is 0.268. The number of methoxy groups -OCH3 is 1. The second-order valence-corrected chi connectivity index (χ2v) is 3.72. The van der Waals surface area contributed by atoms with E-state index in [2.05, 4.69) is 11.4 Å². The molecule has 0 aliphatic carbocycles. The van der Waals surface area contributed by atoms with Crippen molar-refractivity contribution in [3.05, 3.63) is 41.5 Å². The fourth-order valence-electron chi connectivity index (χ4n) is 1.92. The van der Waals surface area contributed by atoms with Crippen molar-refractivity contribution in [3.63, 3.8) is 0 Å². The van der Waals surface area contributed by atoms with Crippen molar-refractivity contribution in [2.75, 3.05) is 20.2 Å². The van der Waals surface area contributed by atoms with E-state index in [1.165, 1.54) is 12.7 Å². The van der Waals surface area contributed by atoms with Crippen molar-refractivity contribution in [2.45, 2.75) is 6.42 Å². The minimum Gasteiger partial charge on any atom is -0.465 e. The second-order valence-electron chi connectivity index (χ2n) is 3.72. The van der Waals surface area contributed by atoms with Gasteiger partial charge in [-0.05, 0) is 30.2 Å². The normalized spacial score (nSPS) is 15.4. The first-order chi connectivity index (χ1) is 7.83. The van der Waals surface area contributed by atoms with E-state index in [0.717, 1.165) is 25.1 Å². The Morgan fingerprint density at radius 2 is 2.19 bits per heavy atom. The molecule has 2 rings (SSSR count). The van der Waals surface area contributed by atoms with Crippen molar-refractivity contribution in [2.24, 2.45) is 0 Å². The largest absolute Gasteiger partial charge is 0.465 e. The minimum atomic E-state index is -0.268. The summed E-state index contributed by atoms with van der Waals surface area (Å²) in [5, 5.41) is 3.25. The number of ether oxygens (including phenoxy) is 1. The van der Waals surface area contributed by atoms with Crippen LogP contribution in [0, 0.1) is 0 Å². The zero-order valence-corrected chi connectivity index (χ0v) is 9.32. The first kappa shape index (κ1) is 10.9. The fraction of sp³-hybridized carbons (Fsp3) is 0.308. The van der Waals surface area contributed by atoms with Gasteiger partial charge in [0.25, 0.3) is 0 Å². The van der Waals surface area contributed by atoms with Gasteiger partial charge in [0.2, 0.25) is 0 Å². The van der Waals surface area contributed by atoms with E-state index >= 15 is 0 Å². The molecular weight excluding hydrogens is 202 g/mol. The maximum atomic E-state index is 11.6. The van der Waals surface area contributed by atoms with Crippen LogP contribution < -0.4 is 5.32 Å². The molecule has 0 amide bonds. The van der Waals surface area contributed by atoms with Crippen molar-refractivity contribution < 1.29 is 9.53 Å². The molecule has 16 heavy (non-hydrogen) atoms. The van der Waals surface area contributed by atoms with Gasteiger partial charge in [0.15, 0.2) is 0 Å². The molecule has 1 aliphatic rings.